The lowest BCUT2D eigenvalue weighted by molar-refractivity contribution is -0.120. The number of rotatable bonds is 8. The van der Waals surface area contributed by atoms with Gasteiger partial charge in [-0.3, -0.25) is 9.69 Å². The molecule has 1 heterocycles. The van der Waals surface area contributed by atoms with Crippen LogP contribution in [0.15, 0.2) is 30.3 Å². The minimum Gasteiger partial charge on any atom is -0.353 e. The van der Waals surface area contributed by atoms with Gasteiger partial charge in [-0.2, -0.15) is 0 Å². The van der Waals surface area contributed by atoms with E-state index in [9.17, 15) is 4.79 Å². The van der Waals surface area contributed by atoms with Crippen molar-refractivity contribution < 1.29 is 4.79 Å². The highest BCUT2D eigenvalue weighted by molar-refractivity contribution is 5.78. The van der Waals surface area contributed by atoms with E-state index >= 15 is 0 Å². The summed E-state index contributed by atoms with van der Waals surface area (Å²) in [6.45, 7) is 6.35. The highest BCUT2D eigenvalue weighted by Gasteiger charge is 2.23. The molecule has 116 valence electrons. The highest BCUT2D eigenvalue weighted by atomic mass is 16.1. The third kappa shape index (κ3) is 5.14. The van der Waals surface area contributed by atoms with E-state index in [0.29, 0.717) is 19.1 Å². The van der Waals surface area contributed by atoms with Crippen molar-refractivity contribution in [2.45, 2.75) is 32.2 Å². The molecule has 0 bridgehead atoms. The van der Waals surface area contributed by atoms with Crippen LogP contribution in [0.4, 0.5) is 0 Å². The van der Waals surface area contributed by atoms with Gasteiger partial charge in [0, 0.05) is 6.54 Å². The monoisotopic (exact) mass is 289 g/mol. The second-order valence-electron chi connectivity index (χ2n) is 5.65. The molecule has 4 heteroatoms. The SMILES string of the molecule is CCCNCC(=O)NCC(c1ccccc1)N1CCCC1. The number of hydrogen-bond acceptors (Lipinski definition) is 3. The van der Waals surface area contributed by atoms with E-state index in [-0.39, 0.29) is 5.91 Å². The van der Waals surface area contributed by atoms with Gasteiger partial charge in [-0.15, -0.1) is 0 Å². The van der Waals surface area contributed by atoms with Gasteiger partial charge in [0.05, 0.1) is 12.6 Å². The Hall–Kier alpha value is -1.39. The minimum absolute atomic E-state index is 0.0866. The molecule has 21 heavy (non-hydrogen) atoms. The summed E-state index contributed by atoms with van der Waals surface area (Å²) >= 11 is 0. The summed E-state index contributed by atoms with van der Waals surface area (Å²) in [6, 6.07) is 10.8. The van der Waals surface area contributed by atoms with Crippen LogP contribution in [0.1, 0.15) is 37.8 Å². The molecule has 1 fully saturated rings. The molecule has 0 aromatic heterocycles. The number of carbonyl (C=O) groups is 1. The summed E-state index contributed by atoms with van der Waals surface area (Å²) in [5, 5.41) is 6.22. The Morgan fingerprint density at radius 2 is 1.95 bits per heavy atom. The van der Waals surface area contributed by atoms with Gasteiger partial charge in [0.1, 0.15) is 0 Å². The number of benzene rings is 1. The molecule has 0 spiro atoms. The molecule has 1 saturated heterocycles. The minimum atomic E-state index is 0.0866. The van der Waals surface area contributed by atoms with Crippen molar-refractivity contribution in [2.75, 3.05) is 32.7 Å². The van der Waals surface area contributed by atoms with Gasteiger partial charge in [-0.05, 0) is 44.5 Å². The smallest absolute Gasteiger partial charge is 0.234 e. The number of hydrogen-bond donors (Lipinski definition) is 2. The molecule has 4 nitrogen and oxygen atoms in total. The van der Waals surface area contributed by atoms with Crippen LogP contribution in [0, 0.1) is 0 Å². The zero-order chi connectivity index (χ0) is 14.9. The largest absolute Gasteiger partial charge is 0.353 e. The number of nitrogens with one attached hydrogen (secondary N) is 2. The molecular weight excluding hydrogens is 262 g/mol. The van der Waals surface area contributed by atoms with E-state index in [0.717, 1.165) is 26.1 Å². The second kappa shape index (κ2) is 8.80. The first-order valence-corrected chi connectivity index (χ1v) is 8.07. The molecule has 1 unspecified atom stereocenters. The standard InChI is InChI=1S/C17H27N3O/c1-2-10-18-14-17(21)19-13-16(20-11-6-7-12-20)15-8-4-3-5-9-15/h3-5,8-9,16,18H,2,6-7,10-14H2,1H3,(H,19,21). The maximum absolute atomic E-state index is 11.9. The van der Waals surface area contributed by atoms with Crippen molar-refractivity contribution in [1.29, 1.82) is 0 Å². The number of nitrogens with zero attached hydrogens (tertiary/aromatic N) is 1. The number of amides is 1. The Balaban J connectivity index is 1.89. The third-order valence-electron chi connectivity index (χ3n) is 3.97. The van der Waals surface area contributed by atoms with E-state index < -0.39 is 0 Å². The molecular formula is C17H27N3O. The zero-order valence-electron chi connectivity index (χ0n) is 13.0. The Kier molecular flexibility index (Phi) is 6.70. The third-order valence-corrected chi connectivity index (χ3v) is 3.97. The van der Waals surface area contributed by atoms with Crippen molar-refractivity contribution in [3.63, 3.8) is 0 Å². The number of carbonyl (C=O) groups excluding carboxylic acids is 1. The topological polar surface area (TPSA) is 44.4 Å². The summed E-state index contributed by atoms with van der Waals surface area (Å²) in [6.07, 6.45) is 3.57. The Labute approximate surface area is 127 Å². The molecule has 1 aliphatic rings. The van der Waals surface area contributed by atoms with Crippen molar-refractivity contribution in [1.82, 2.24) is 15.5 Å². The Morgan fingerprint density at radius 1 is 1.24 bits per heavy atom. The molecule has 1 aromatic carbocycles. The fourth-order valence-corrected chi connectivity index (χ4v) is 2.84. The van der Waals surface area contributed by atoms with Crippen LogP contribution in [0.5, 0.6) is 0 Å². The first-order valence-electron chi connectivity index (χ1n) is 8.07. The Bertz CT molecular complexity index is 415. The summed E-state index contributed by atoms with van der Waals surface area (Å²) in [7, 11) is 0. The molecule has 1 aromatic rings. The molecule has 2 N–H and O–H groups in total. The van der Waals surface area contributed by atoms with Gasteiger partial charge in [-0.25, -0.2) is 0 Å². The van der Waals surface area contributed by atoms with E-state index in [1.807, 2.05) is 6.07 Å². The van der Waals surface area contributed by atoms with E-state index in [1.54, 1.807) is 0 Å². The maximum atomic E-state index is 11.9. The van der Waals surface area contributed by atoms with E-state index in [1.165, 1.54) is 18.4 Å². The summed E-state index contributed by atoms with van der Waals surface area (Å²) < 4.78 is 0. The lowest BCUT2D eigenvalue weighted by Crippen LogP contribution is -2.40. The Morgan fingerprint density at radius 3 is 2.62 bits per heavy atom. The van der Waals surface area contributed by atoms with Gasteiger partial charge in [0.15, 0.2) is 0 Å². The van der Waals surface area contributed by atoms with Crippen LogP contribution in [0.2, 0.25) is 0 Å². The predicted molar refractivity (Wildman–Crippen MR) is 86.2 cm³/mol. The van der Waals surface area contributed by atoms with Crippen molar-refractivity contribution >= 4 is 5.91 Å². The molecule has 0 saturated carbocycles. The van der Waals surface area contributed by atoms with Crippen molar-refractivity contribution in [3.8, 4) is 0 Å². The second-order valence-corrected chi connectivity index (χ2v) is 5.65. The highest BCUT2D eigenvalue weighted by Crippen LogP contribution is 2.24. The van der Waals surface area contributed by atoms with Gasteiger partial charge >= 0.3 is 0 Å². The fraction of sp³-hybridized carbons (Fsp3) is 0.588. The molecule has 0 aliphatic carbocycles. The molecule has 1 atom stereocenters. The van der Waals surface area contributed by atoms with Crippen LogP contribution in [-0.2, 0) is 4.79 Å². The van der Waals surface area contributed by atoms with Crippen LogP contribution in [-0.4, -0.2) is 43.5 Å². The van der Waals surface area contributed by atoms with Crippen LogP contribution >= 0.6 is 0 Å². The summed E-state index contributed by atoms with van der Waals surface area (Å²) in [5.74, 6) is 0.0866. The summed E-state index contributed by atoms with van der Waals surface area (Å²) in [4.78, 5) is 14.4. The zero-order valence-corrected chi connectivity index (χ0v) is 13.0. The lowest BCUT2D eigenvalue weighted by Gasteiger charge is -2.28. The normalized spacial score (nSPS) is 16.8. The lowest BCUT2D eigenvalue weighted by atomic mass is 10.1. The molecule has 0 radical (unpaired) electrons. The first kappa shape index (κ1) is 16.0. The van der Waals surface area contributed by atoms with Gasteiger partial charge in [0.2, 0.25) is 5.91 Å². The quantitative estimate of drug-likeness (QED) is 0.719. The van der Waals surface area contributed by atoms with Crippen LogP contribution in [0.25, 0.3) is 0 Å². The molecule has 1 amide bonds. The van der Waals surface area contributed by atoms with Gasteiger partial charge in [-0.1, -0.05) is 37.3 Å². The first-order chi connectivity index (χ1) is 10.3. The van der Waals surface area contributed by atoms with Gasteiger partial charge in [0.25, 0.3) is 0 Å². The average molecular weight is 289 g/mol. The number of likely N-dealkylation sites (tertiary alicyclic amines) is 1. The fourth-order valence-electron chi connectivity index (χ4n) is 2.84. The predicted octanol–water partition coefficient (Wildman–Crippen LogP) is 1.94. The average Bonchev–Trinajstić information content (AvgIpc) is 3.03. The van der Waals surface area contributed by atoms with E-state index in [4.69, 9.17) is 0 Å². The van der Waals surface area contributed by atoms with Crippen LogP contribution < -0.4 is 10.6 Å². The van der Waals surface area contributed by atoms with Crippen molar-refractivity contribution in [2.24, 2.45) is 0 Å². The van der Waals surface area contributed by atoms with Gasteiger partial charge < -0.3 is 10.6 Å². The van der Waals surface area contributed by atoms with E-state index in [2.05, 4.69) is 46.7 Å². The molecule has 1 aliphatic heterocycles. The summed E-state index contributed by atoms with van der Waals surface area (Å²) in [5.41, 5.74) is 1.29. The van der Waals surface area contributed by atoms with Crippen molar-refractivity contribution in [3.05, 3.63) is 35.9 Å². The van der Waals surface area contributed by atoms with Crippen LogP contribution in [0.3, 0.4) is 0 Å². The molecule has 2 rings (SSSR count). The maximum Gasteiger partial charge on any atom is 0.234 e.